The molecule has 26 heavy (non-hydrogen) atoms. The Kier molecular flexibility index (Phi) is 2.06. The van der Waals surface area contributed by atoms with E-state index in [0.717, 1.165) is 18.5 Å². The molecule has 1 aromatic carbocycles. The first kappa shape index (κ1) is 13.7. The second-order valence-corrected chi connectivity index (χ2v) is 8.56. The van der Waals surface area contributed by atoms with Crippen molar-refractivity contribution in [1.82, 2.24) is 0 Å². The van der Waals surface area contributed by atoms with Crippen molar-refractivity contribution in [3.05, 3.63) is 42.5 Å². The Hall–Kier alpha value is -2.50. The molecule has 4 aliphatic carbocycles. The predicted molar refractivity (Wildman–Crippen MR) is 89.7 cm³/mol. The van der Waals surface area contributed by atoms with Crippen LogP contribution in [0.15, 0.2) is 52.8 Å². The van der Waals surface area contributed by atoms with Gasteiger partial charge in [0.25, 0.3) is 0 Å². The molecule has 4 bridgehead atoms. The third-order valence-corrected chi connectivity index (χ3v) is 8.14. The van der Waals surface area contributed by atoms with E-state index in [1.165, 1.54) is 0 Å². The van der Waals surface area contributed by atoms with E-state index < -0.39 is 5.54 Å². The minimum absolute atomic E-state index is 0.0499. The molecule has 3 saturated carbocycles. The molecule has 0 unspecified atom stereocenters. The number of fused-ring (bicyclic) bond motifs is 7. The summed E-state index contributed by atoms with van der Waals surface area (Å²) in [4.78, 5) is 25.0. The number of benzene rings is 1. The van der Waals surface area contributed by atoms with Crippen LogP contribution >= 0.6 is 0 Å². The summed E-state index contributed by atoms with van der Waals surface area (Å²) in [5.41, 5.74) is 0.293. The maximum absolute atomic E-state index is 12.5. The molecule has 1 aromatic rings. The van der Waals surface area contributed by atoms with Crippen LogP contribution in [0, 0.1) is 35.5 Å². The fourth-order valence-electron chi connectivity index (χ4n) is 7.66. The van der Waals surface area contributed by atoms with Crippen molar-refractivity contribution in [1.29, 1.82) is 0 Å². The van der Waals surface area contributed by atoms with E-state index >= 15 is 0 Å². The van der Waals surface area contributed by atoms with Crippen molar-refractivity contribution in [2.24, 2.45) is 45.8 Å². The van der Waals surface area contributed by atoms with Gasteiger partial charge in [0.1, 0.15) is 11.1 Å². The molecule has 6 aliphatic rings. The maximum Gasteiger partial charge on any atom is 0.317 e. The highest BCUT2D eigenvalue weighted by atomic mass is 16.6. The van der Waals surface area contributed by atoms with Crippen LogP contribution in [0.25, 0.3) is 0 Å². The molecule has 130 valence electrons. The highest BCUT2D eigenvalue weighted by Gasteiger charge is 2.88. The quantitative estimate of drug-likeness (QED) is 0.445. The lowest BCUT2D eigenvalue weighted by Crippen LogP contribution is -2.67. The summed E-state index contributed by atoms with van der Waals surface area (Å²) >= 11 is 0. The zero-order valence-electron chi connectivity index (χ0n) is 14.0. The van der Waals surface area contributed by atoms with Crippen molar-refractivity contribution in [2.45, 2.75) is 23.9 Å². The Morgan fingerprint density at radius 3 is 2.50 bits per heavy atom. The minimum Gasteiger partial charge on any atom is -0.393 e. The second kappa shape index (κ2) is 3.92. The van der Waals surface area contributed by atoms with Gasteiger partial charge in [0.15, 0.2) is 0 Å². The molecule has 6 nitrogen and oxygen atoms in total. The Morgan fingerprint density at radius 1 is 0.962 bits per heavy atom. The van der Waals surface area contributed by atoms with Crippen molar-refractivity contribution in [3.8, 4) is 0 Å². The summed E-state index contributed by atoms with van der Waals surface area (Å²) in [6.07, 6.45) is 6.48. The number of carbonyl (C=O) groups excluding carboxylic acids is 2. The first-order valence-electron chi connectivity index (χ1n) is 9.41. The summed E-state index contributed by atoms with van der Waals surface area (Å²) in [6, 6.07) is 10.1. The summed E-state index contributed by atoms with van der Waals surface area (Å²) < 4.78 is 5.08. The zero-order valence-corrected chi connectivity index (χ0v) is 14.0. The van der Waals surface area contributed by atoms with Gasteiger partial charge in [0.2, 0.25) is 0 Å². The van der Waals surface area contributed by atoms with E-state index in [4.69, 9.17) is 9.85 Å². The number of anilines is 1. The van der Waals surface area contributed by atoms with Crippen molar-refractivity contribution in [2.75, 3.05) is 5.01 Å². The summed E-state index contributed by atoms with van der Waals surface area (Å²) in [5, 5.41) is 11.7. The Balaban J connectivity index is 1.50. The third kappa shape index (κ3) is 1.08. The topological polar surface area (TPSA) is 71.3 Å². The van der Waals surface area contributed by atoms with Crippen LogP contribution in [-0.2, 0) is 14.3 Å². The Labute approximate surface area is 149 Å². The SMILES string of the molecule is O=C1OC(=O)[C@@H]2[C@@H]1[C@H]1C[C@H]2[C@]23[C@H]4C=C[C@@H](C4)[C@@]12N=NN3c1ccccc1. The van der Waals surface area contributed by atoms with Gasteiger partial charge in [-0.15, -0.1) is 0 Å². The van der Waals surface area contributed by atoms with E-state index in [-0.39, 0.29) is 41.1 Å². The molecule has 4 fully saturated rings. The van der Waals surface area contributed by atoms with Gasteiger partial charge in [-0.2, -0.15) is 5.11 Å². The van der Waals surface area contributed by atoms with Gasteiger partial charge in [-0.05, 0) is 25.0 Å². The standard InChI is InChI=1S/C20H17N3O3/c24-17-15-13-9-14(16(15)18(25)26-17)20-11-7-6-10(8-11)19(13,20)21-22-23(20)12-4-2-1-3-5-12/h1-7,10-11,13-16H,8-9H2/t10-,11-,13+,14+,15-,16-,19+,20+/m0/s1. The van der Waals surface area contributed by atoms with Crippen LogP contribution in [0.3, 0.4) is 0 Å². The highest BCUT2D eigenvalue weighted by Crippen LogP contribution is 2.78. The molecule has 6 heteroatoms. The lowest BCUT2D eigenvalue weighted by atomic mass is 9.56. The third-order valence-electron chi connectivity index (χ3n) is 8.14. The zero-order chi connectivity index (χ0) is 17.3. The number of cyclic esters (lactones) is 2. The van der Waals surface area contributed by atoms with Crippen LogP contribution in [0.4, 0.5) is 5.69 Å². The van der Waals surface area contributed by atoms with Crippen molar-refractivity contribution < 1.29 is 14.3 Å². The Morgan fingerprint density at radius 2 is 1.69 bits per heavy atom. The number of hydrogen-bond donors (Lipinski definition) is 0. The number of carbonyl (C=O) groups is 2. The number of hydrogen-bond acceptors (Lipinski definition) is 6. The van der Waals surface area contributed by atoms with E-state index in [2.05, 4.69) is 34.5 Å². The van der Waals surface area contributed by atoms with Gasteiger partial charge >= 0.3 is 11.9 Å². The largest absolute Gasteiger partial charge is 0.393 e. The average molecular weight is 347 g/mol. The Bertz CT molecular complexity index is 943. The molecular formula is C20H17N3O3. The average Bonchev–Trinajstić information content (AvgIpc) is 3.43. The second-order valence-electron chi connectivity index (χ2n) is 8.56. The summed E-state index contributed by atoms with van der Waals surface area (Å²) in [6.45, 7) is 0. The lowest BCUT2D eigenvalue weighted by molar-refractivity contribution is -0.154. The molecular weight excluding hydrogens is 330 g/mol. The van der Waals surface area contributed by atoms with E-state index in [0.29, 0.717) is 11.8 Å². The van der Waals surface area contributed by atoms with Gasteiger partial charge in [-0.3, -0.25) is 9.59 Å². The molecule has 0 amide bonds. The first-order chi connectivity index (χ1) is 12.7. The molecule has 1 saturated heterocycles. The number of rotatable bonds is 1. The normalized spacial score (nSPS) is 51.2. The lowest BCUT2D eigenvalue weighted by Gasteiger charge is -2.52. The van der Waals surface area contributed by atoms with Gasteiger partial charge in [-0.25, -0.2) is 5.01 Å². The van der Waals surface area contributed by atoms with E-state index in [1.54, 1.807) is 0 Å². The smallest absolute Gasteiger partial charge is 0.317 e. The number of para-hydroxylation sites is 1. The van der Waals surface area contributed by atoms with Crippen LogP contribution in [0.2, 0.25) is 0 Å². The monoisotopic (exact) mass is 347 g/mol. The molecule has 8 atom stereocenters. The van der Waals surface area contributed by atoms with Gasteiger partial charge < -0.3 is 4.74 Å². The van der Waals surface area contributed by atoms with Crippen molar-refractivity contribution >= 4 is 17.6 Å². The minimum atomic E-state index is -0.391. The number of nitrogens with zero attached hydrogens (tertiary/aromatic N) is 3. The van der Waals surface area contributed by atoms with Gasteiger partial charge in [0.05, 0.1) is 17.5 Å². The van der Waals surface area contributed by atoms with Crippen LogP contribution in [0.5, 0.6) is 0 Å². The molecule has 0 aromatic heterocycles. The molecule has 7 rings (SSSR count). The van der Waals surface area contributed by atoms with Gasteiger partial charge in [-0.1, -0.05) is 35.6 Å². The maximum atomic E-state index is 12.5. The predicted octanol–water partition coefficient (Wildman–Crippen LogP) is 2.52. The fraction of sp³-hybridized carbons (Fsp3) is 0.500. The molecule has 2 heterocycles. The summed E-state index contributed by atoms with van der Waals surface area (Å²) in [7, 11) is 0. The molecule has 0 N–H and O–H groups in total. The molecule has 2 aliphatic heterocycles. The van der Waals surface area contributed by atoms with Crippen LogP contribution < -0.4 is 5.01 Å². The number of ether oxygens (including phenoxy) is 1. The van der Waals surface area contributed by atoms with Crippen molar-refractivity contribution in [3.63, 3.8) is 0 Å². The molecule has 0 spiro atoms. The highest BCUT2D eigenvalue weighted by molar-refractivity contribution is 5.98. The van der Waals surface area contributed by atoms with E-state index in [9.17, 15) is 9.59 Å². The van der Waals surface area contributed by atoms with E-state index in [1.807, 2.05) is 18.2 Å². The number of esters is 2. The van der Waals surface area contributed by atoms with Crippen LogP contribution in [0.1, 0.15) is 12.8 Å². The first-order valence-corrected chi connectivity index (χ1v) is 9.41. The fourth-order valence-corrected chi connectivity index (χ4v) is 7.66. The summed E-state index contributed by atoms with van der Waals surface area (Å²) in [5.74, 6) is -0.615. The molecule has 0 radical (unpaired) electrons. The van der Waals surface area contributed by atoms with Gasteiger partial charge in [0, 0.05) is 23.7 Å². The van der Waals surface area contributed by atoms with Crippen LogP contribution in [-0.4, -0.2) is 23.0 Å².